The molecule has 2 amide bonds. The Kier molecular flexibility index (Phi) is 6.40. The molecule has 2 aromatic carbocycles. The molecule has 174 valence electrons. The molecule has 0 heterocycles. The van der Waals surface area contributed by atoms with Crippen LogP contribution in [0, 0.1) is 5.92 Å². The van der Waals surface area contributed by atoms with E-state index in [1.807, 2.05) is 38.1 Å². The summed E-state index contributed by atoms with van der Waals surface area (Å²) in [6.07, 6.45) is 0.829. The van der Waals surface area contributed by atoms with Gasteiger partial charge in [-0.25, -0.2) is 4.79 Å². The maximum atomic E-state index is 12.6. The van der Waals surface area contributed by atoms with Crippen LogP contribution in [0.25, 0.3) is 11.1 Å². The van der Waals surface area contributed by atoms with Crippen molar-refractivity contribution in [3.63, 3.8) is 0 Å². The van der Waals surface area contributed by atoms with E-state index in [-0.39, 0.29) is 37.2 Å². The lowest BCUT2D eigenvalue weighted by Gasteiger charge is -2.23. The third-order valence-corrected chi connectivity index (χ3v) is 6.61. The zero-order chi connectivity index (χ0) is 23.6. The highest BCUT2D eigenvalue weighted by molar-refractivity contribution is 5.81. The fourth-order valence-electron chi connectivity index (χ4n) is 4.55. The highest BCUT2D eigenvalue weighted by Gasteiger charge is 2.46. The third kappa shape index (κ3) is 5.18. The van der Waals surface area contributed by atoms with Crippen molar-refractivity contribution in [1.29, 1.82) is 0 Å². The summed E-state index contributed by atoms with van der Waals surface area (Å²) >= 11 is 0. The minimum atomic E-state index is -0.952. The summed E-state index contributed by atoms with van der Waals surface area (Å²) in [5, 5.41) is 14.7. The van der Waals surface area contributed by atoms with Gasteiger partial charge in [-0.15, -0.1) is 0 Å². The summed E-state index contributed by atoms with van der Waals surface area (Å²) in [6, 6.07) is 15.9. The normalized spacial score (nSPS) is 16.5. The van der Waals surface area contributed by atoms with E-state index < -0.39 is 23.6 Å². The number of hydrogen-bond acceptors (Lipinski definition) is 4. The van der Waals surface area contributed by atoms with Gasteiger partial charge in [0, 0.05) is 18.4 Å². The molecule has 4 rings (SSSR count). The zero-order valence-electron chi connectivity index (χ0n) is 19.0. The highest BCUT2D eigenvalue weighted by atomic mass is 16.5. The van der Waals surface area contributed by atoms with Gasteiger partial charge in [-0.3, -0.25) is 9.59 Å². The lowest BCUT2D eigenvalue weighted by molar-refractivity contribution is -0.138. The number of ether oxygens (including phenoxy) is 1. The number of benzene rings is 2. The van der Waals surface area contributed by atoms with Crippen molar-refractivity contribution in [3.8, 4) is 11.1 Å². The number of alkyl carbamates (subject to hydrolysis) is 1. The first-order chi connectivity index (χ1) is 15.8. The Morgan fingerprint density at radius 3 is 2.12 bits per heavy atom. The zero-order valence-corrected chi connectivity index (χ0v) is 19.0. The van der Waals surface area contributed by atoms with E-state index in [0.717, 1.165) is 11.1 Å². The van der Waals surface area contributed by atoms with Gasteiger partial charge in [-0.05, 0) is 41.0 Å². The molecule has 0 saturated heterocycles. The Hall–Kier alpha value is -3.35. The van der Waals surface area contributed by atoms with E-state index in [0.29, 0.717) is 12.8 Å². The quantitative estimate of drug-likeness (QED) is 0.534. The van der Waals surface area contributed by atoms with Gasteiger partial charge in [0.25, 0.3) is 0 Å². The maximum Gasteiger partial charge on any atom is 0.407 e. The smallest absolute Gasteiger partial charge is 0.407 e. The molecule has 33 heavy (non-hydrogen) atoms. The van der Waals surface area contributed by atoms with E-state index in [1.54, 1.807) is 0 Å². The van der Waals surface area contributed by atoms with Crippen LogP contribution in [0.4, 0.5) is 4.79 Å². The number of carboxylic acids is 1. The van der Waals surface area contributed by atoms with Gasteiger partial charge < -0.3 is 20.5 Å². The maximum absolute atomic E-state index is 12.6. The predicted octanol–water partition coefficient (Wildman–Crippen LogP) is 4.06. The molecule has 3 N–H and O–H groups in total. The first kappa shape index (κ1) is 22.8. The molecule has 2 aromatic rings. The molecule has 0 aliphatic heterocycles. The number of carbonyl (C=O) groups excluding carboxylic acids is 2. The van der Waals surface area contributed by atoms with Gasteiger partial charge in [0.15, 0.2) is 0 Å². The van der Waals surface area contributed by atoms with Crippen molar-refractivity contribution in [2.24, 2.45) is 5.92 Å². The standard InChI is InChI=1S/C26H30N2O5/c1-16(2)22(13-24(30)31)27-23(29)14-26(11-12-26)28-25(32)33-15-21-19-9-5-3-7-17(19)18-8-4-6-10-20(18)21/h3-10,16,21-22H,11-15H2,1-2H3,(H,27,29)(H,28,32)(H,30,31)/t22-/m1/s1. The molecule has 0 aromatic heterocycles. The number of amides is 2. The lowest BCUT2D eigenvalue weighted by atomic mass is 9.98. The Morgan fingerprint density at radius 2 is 1.61 bits per heavy atom. The summed E-state index contributed by atoms with van der Waals surface area (Å²) in [6.45, 7) is 3.96. The van der Waals surface area contributed by atoms with Gasteiger partial charge >= 0.3 is 12.1 Å². The van der Waals surface area contributed by atoms with Crippen LogP contribution < -0.4 is 10.6 Å². The number of aliphatic carboxylic acids is 1. The Balaban J connectivity index is 1.33. The second-order valence-electron chi connectivity index (χ2n) is 9.42. The number of nitrogens with one attached hydrogen (secondary N) is 2. The minimum absolute atomic E-state index is 0.00436. The van der Waals surface area contributed by atoms with Crippen LogP contribution in [0.3, 0.4) is 0 Å². The van der Waals surface area contributed by atoms with Crippen LogP contribution in [-0.4, -0.2) is 41.3 Å². The third-order valence-electron chi connectivity index (χ3n) is 6.61. The first-order valence-electron chi connectivity index (χ1n) is 11.4. The number of hydrogen-bond donors (Lipinski definition) is 3. The summed E-state index contributed by atoms with van der Waals surface area (Å²) < 4.78 is 5.61. The van der Waals surface area contributed by atoms with Crippen LogP contribution in [0.2, 0.25) is 0 Å². The van der Waals surface area contributed by atoms with Crippen LogP contribution in [0.15, 0.2) is 48.5 Å². The van der Waals surface area contributed by atoms with Crippen molar-refractivity contribution in [2.45, 2.75) is 57.0 Å². The van der Waals surface area contributed by atoms with Crippen molar-refractivity contribution < 1.29 is 24.2 Å². The van der Waals surface area contributed by atoms with Crippen LogP contribution in [0.1, 0.15) is 56.6 Å². The van der Waals surface area contributed by atoms with Crippen molar-refractivity contribution in [1.82, 2.24) is 10.6 Å². The fraction of sp³-hybridized carbons (Fsp3) is 0.423. The van der Waals surface area contributed by atoms with Crippen LogP contribution in [0.5, 0.6) is 0 Å². The minimum Gasteiger partial charge on any atom is -0.481 e. The molecule has 0 radical (unpaired) electrons. The predicted molar refractivity (Wildman–Crippen MR) is 124 cm³/mol. The topological polar surface area (TPSA) is 105 Å². The summed E-state index contributed by atoms with van der Waals surface area (Å²) in [5.74, 6) is -1.24. The first-order valence-corrected chi connectivity index (χ1v) is 11.4. The van der Waals surface area contributed by atoms with Gasteiger partial charge in [0.2, 0.25) is 5.91 Å². The lowest BCUT2D eigenvalue weighted by Crippen LogP contribution is -2.45. The molecule has 1 atom stereocenters. The average molecular weight is 451 g/mol. The van der Waals surface area contributed by atoms with E-state index in [2.05, 4.69) is 34.9 Å². The van der Waals surface area contributed by atoms with E-state index >= 15 is 0 Å². The van der Waals surface area contributed by atoms with Gasteiger partial charge in [-0.1, -0.05) is 62.4 Å². The molecular formula is C26H30N2O5. The second kappa shape index (κ2) is 9.25. The van der Waals surface area contributed by atoms with Gasteiger partial charge in [0.05, 0.1) is 12.0 Å². The van der Waals surface area contributed by atoms with Crippen molar-refractivity contribution in [3.05, 3.63) is 59.7 Å². The van der Waals surface area contributed by atoms with Crippen molar-refractivity contribution >= 4 is 18.0 Å². The molecule has 2 aliphatic carbocycles. The SMILES string of the molecule is CC(C)[C@@H](CC(=O)O)NC(=O)CC1(NC(=O)OCC2c3ccccc3-c3ccccc32)CC1. The van der Waals surface area contributed by atoms with E-state index in [9.17, 15) is 14.4 Å². The summed E-state index contributed by atoms with van der Waals surface area (Å²) in [7, 11) is 0. The summed E-state index contributed by atoms with van der Waals surface area (Å²) in [4.78, 5) is 36.2. The molecule has 7 nitrogen and oxygen atoms in total. The van der Waals surface area contributed by atoms with Gasteiger partial charge in [0.1, 0.15) is 6.61 Å². The monoisotopic (exact) mass is 450 g/mol. The molecule has 0 spiro atoms. The van der Waals surface area contributed by atoms with Crippen LogP contribution >= 0.6 is 0 Å². The summed E-state index contributed by atoms with van der Waals surface area (Å²) in [5.41, 5.74) is 4.00. The molecule has 0 bridgehead atoms. The molecule has 0 unspecified atom stereocenters. The second-order valence-corrected chi connectivity index (χ2v) is 9.42. The molecule has 1 fully saturated rings. The van der Waals surface area contributed by atoms with E-state index in [4.69, 9.17) is 9.84 Å². The average Bonchev–Trinajstić information content (AvgIpc) is 3.43. The van der Waals surface area contributed by atoms with E-state index in [1.165, 1.54) is 11.1 Å². The Labute approximate surface area is 193 Å². The Bertz CT molecular complexity index is 1010. The highest BCUT2D eigenvalue weighted by Crippen LogP contribution is 2.44. The number of carboxylic acid groups (broad SMARTS) is 1. The molecule has 2 aliphatic rings. The van der Waals surface area contributed by atoms with Crippen LogP contribution in [-0.2, 0) is 14.3 Å². The number of rotatable bonds is 9. The van der Waals surface area contributed by atoms with Gasteiger partial charge in [-0.2, -0.15) is 0 Å². The number of carbonyl (C=O) groups is 3. The largest absolute Gasteiger partial charge is 0.481 e. The fourth-order valence-corrected chi connectivity index (χ4v) is 4.55. The number of fused-ring (bicyclic) bond motifs is 3. The van der Waals surface area contributed by atoms with Crippen molar-refractivity contribution in [2.75, 3.05) is 6.61 Å². The molecular weight excluding hydrogens is 420 g/mol. The molecule has 1 saturated carbocycles. The Morgan fingerprint density at radius 1 is 1.03 bits per heavy atom. The molecule has 7 heteroatoms.